The molecule has 0 atom stereocenters. The fourth-order valence-corrected chi connectivity index (χ4v) is 1.52. The third-order valence-electron chi connectivity index (χ3n) is 2.86. The van der Waals surface area contributed by atoms with Gasteiger partial charge in [0, 0.05) is 12.6 Å². The first kappa shape index (κ1) is 20.0. The first-order valence-electron chi connectivity index (χ1n) is 7.57. The van der Waals surface area contributed by atoms with E-state index in [0.717, 1.165) is 6.42 Å². The highest BCUT2D eigenvalue weighted by Gasteiger charge is 2.08. The molecule has 7 nitrogen and oxygen atoms in total. The number of halogens is 1. The lowest BCUT2D eigenvalue weighted by Gasteiger charge is -2.07. The van der Waals surface area contributed by atoms with Gasteiger partial charge in [-0.05, 0) is 20.3 Å². The van der Waals surface area contributed by atoms with Gasteiger partial charge in [-0.15, -0.1) is 0 Å². The van der Waals surface area contributed by atoms with E-state index in [-0.39, 0.29) is 18.2 Å². The third-order valence-corrected chi connectivity index (χ3v) is 2.86. The number of aryl methyl sites for hydroxylation is 2. The SMILES string of the molecule is C/C=C\C/C=C\C(=C\F)COc1ncnc(C)c1O.Cn1cncn1. The van der Waals surface area contributed by atoms with Crippen molar-refractivity contribution in [2.75, 3.05) is 6.61 Å². The van der Waals surface area contributed by atoms with Crippen LogP contribution in [0.1, 0.15) is 19.0 Å². The molecule has 0 bridgehead atoms. The molecule has 0 fully saturated rings. The van der Waals surface area contributed by atoms with Crippen molar-refractivity contribution in [2.45, 2.75) is 20.3 Å². The number of nitrogens with zero attached hydrogens (tertiary/aromatic N) is 5. The van der Waals surface area contributed by atoms with Gasteiger partial charge in [-0.2, -0.15) is 10.1 Å². The second kappa shape index (κ2) is 11.5. The standard InChI is InChI=1S/C14H17FN2O2.C3H5N3/c1-3-4-5-6-7-12(8-15)9-19-14-13(18)11(2)16-10-17-14;1-6-3-4-2-5-6/h3-4,6-8,10,18H,5,9H2,1-2H3;2-3H,1H3/b4-3-,7-6-,12-8-;. The van der Waals surface area contributed by atoms with Gasteiger partial charge in [0.15, 0.2) is 5.75 Å². The zero-order chi connectivity index (χ0) is 18.5. The molecule has 2 rings (SSSR count). The van der Waals surface area contributed by atoms with Crippen LogP contribution in [0.15, 0.2) is 55.2 Å². The Balaban J connectivity index is 0.000000435. The van der Waals surface area contributed by atoms with Crippen LogP contribution in [0.2, 0.25) is 0 Å². The minimum atomic E-state index is -0.126. The lowest BCUT2D eigenvalue weighted by Crippen LogP contribution is -2.02. The summed E-state index contributed by atoms with van der Waals surface area (Å²) in [6, 6.07) is 0. The summed E-state index contributed by atoms with van der Waals surface area (Å²) in [4.78, 5) is 11.3. The van der Waals surface area contributed by atoms with E-state index in [0.29, 0.717) is 17.6 Å². The summed E-state index contributed by atoms with van der Waals surface area (Å²) in [5, 5.41) is 13.4. The second-order valence-corrected chi connectivity index (χ2v) is 4.86. The van der Waals surface area contributed by atoms with E-state index in [2.05, 4.69) is 20.1 Å². The molecule has 0 saturated heterocycles. The molecule has 0 spiro atoms. The Morgan fingerprint density at radius 1 is 1.32 bits per heavy atom. The van der Waals surface area contributed by atoms with Crippen molar-refractivity contribution in [3.63, 3.8) is 0 Å². The quantitative estimate of drug-likeness (QED) is 0.638. The van der Waals surface area contributed by atoms with Crippen LogP contribution >= 0.6 is 0 Å². The lowest BCUT2D eigenvalue weighted by molar-refractivity contribution is 0.312. The van der Waals surface area contributed by atoms with Crippen molar-refractivity contribution in [2.24, 2.45) is 7.05 Å². The molecule has 0 radical (unpaired) electrons. The highest BCUT2D eigenvalue weighted by molar-refractivity contribution is 5.35. The van der Waals surface area contributed by atoms with Gasteiger partial charge in [0.1, 0.15) is 25.6 Å². The number of hydrogen-bond donors (Lipinski definition) is 1. The Morgan fingerprint density at radius 3 is 2.68 bits per heavy atom. The Bertz CT molecular complexity index is 712. The lowest BCUT2D eigenvalue weighted by atomic mass is 10.2. The van der Waals surface area contributed by atoms with Crippen molar-refractivity contribution < 1.29 is 14.2 Å². The smallest absolute Gasteiger partial charge is 0.260 e. The molecule has 2 aromatic heterocycles. The summed E-state index contributed by atoms with van der Waals surface area (Å²) < 4.78 is 19.5. The maximum atomic E-state index is 12.6. The van der Waals surface area contributed by atoms with Crippen molar-refractivity contribution in [1.82, 2.24) is 24.7 Å². The van der Waals surface area contributed by atoms with Crippen LogP contribution < -0.4 is 4.74 Å². The number of hydrogen-bond acceptors (Lipinski definition) is 6. The first-order chi connectivity index (χ1) is 12.1. The molecule has 0 aliphatic heterocycles. The van der Waals surface area contributed by atoms with Crippen molar-refractivity contribution >= 4 is 0 Å². The molecule has 0 unspecified atom stereocenters. The van der Waals surface area contributed by atoms with E-state index in [1.54, 1.807) is 24.0 Å². The zero-order valence-electron chi connectivity index (χ0n) is 14.5. The van der Waals surface area contributed by atoms with E-state index < -0.39 is 0 Å². The van der Waals surface area contributed by atoms with Gasteiger partial charge < -0.3 is 9.84 Å². The molecule has 0 aliphatic rings. The summed E-state index contributed by atoms with van der Waals surface area (Å²) in [6.07, 6.45) is 12.9. The number of rotatable bonds is 6. The van der Waals surface area contributed by atoms with Crippen LogP contribution in [0, 0.1) is 6.92 Å². The summed E-state index contributed by atoms with van der Waals surface area (Å²) in [6.45, 7) is 3.54. The summed E-state index contributed by atoms with van der Waals surface area (Å²) >= 11 is 0. The predicted molar refractivity (Wildman–Crippen MR) is 92.7 cm³/mol. The number of aromatic hydroxyl groups is 1. The van der Waals surface area contributed by atoms with Crippen molar-refractivity contribution in [3.05, 3.63) is 60.9 Å². The maximum Gasteiger partial charge on any atom is 0.260 e. The number of allylic oxidation sites excluding steroid dienone is 3. The van der Waals surface area contributed by atoms with Gasteiger partial charge in [0.05, 0.1) is 12.0 Å². The van der Waals surface area contributed by atoms with Crippen LogP contribution in [0.4, 0.5) is 4.39 Å². The van der Waals surface area contributed by atoms with E-state index in [9.17, 15) is 9.50 Å². The molecule has 2 heterocycles. The predicted octanol–water partition coefficient (Wildman–Crippen LogP) is 3.06. The van der Waals surface area contributed by atoms with E-state index >= 15 is 0 Å². The maximum absolute atomic E-state index is 12.6. The second-order valence-electron chi connectivity index (χ2n) is 4.86. The minimum Gasteiger partial charge on any atom is -0.502 e. The minimum absolute atomic E-state index is 0.00709. The summed E-state index contributed by atoms with van der Waals surface area (Å²) in [5.41, 5.74) is 0.777. The molecule has 2 aromatic rings. The van der Waals surface area contributed by atoms with Gasteiger partial charge in [0.25, 0.3) is 5.88 Å². The monoisotopic (exact) mass is 347 g/mol. The summed E-state index contributed by atoms with van der Waals surface area (Å²) in [5.74, 6) is -0.0766. The average molecular weight is 347 g/mol. The average Bonchev–Trinajstić information content (AvgIpc) is 3.09. The normalized spacial score (nSPS) is 11.6. The van der Waals surface area contributed by atoms with E-state index in [1.807, 2.05) is 32.2 Å². The Kier molecular flexibility index (Phi) is 9.20. The summed E-state index contributed by atoms with van der Waals surface area (Å²) in [7, 11) is 1.83. The molecular formula is C17H22FN5O2. The fraction of sp³-hybridized carbons (Fsp3) is 0.294. The van der Waals surface area contributed by atoms with Crippen molar-refractivity contribution in [3.8, 4) is 11.6 Å². The molecule has 25 heavy (non-hydrogen) atoms. The topological polar surface area (TPSA) is 86.0 Å². The Labute approximate surface area is 146 Å². The van der Waals surface area contributed by atoms with E-state index in [4.69, 9.17) is 4.74 Å². The highest BCUT2D eigenvalue weighted by atomic mass is 19.1. The number of aromatic nitrogens is 5. The van der Waals surface area contributed by atoms with Crippen LogP contribution in [0.25, 0.3) is 0 Å². The number of ether oxygens (including phenoxy) is 1. The van der Waals surface area contributed by atoms with Crippen LogP contribution in [-0.2, 0) is 7.05 Å². The van der Waals surface area contributed by atoms with Gasteiger partial charge in [-0.1, -0.05) is 24.3 Å². The molecule has 0 saturated carbocycles. The third kappa shape index (κ3) is 7.87. The molecule has 8 heteroatoms. The first-order valence-corrected chi connectivity index (χ1v) is 7.57. The largest absolute Gasteiger partial charge is 0.502 e. The highest BCUT2D eigenvalue weighted by Crippen LogP contribution is 2.24. The molecule has 0 amide bonds. The zero-order valence-corrected chi connectivity index (χ0v) is 14.5. The van der Waals surface area contributed by atoms with Gasteiger partial charge in [-0.25, -0.2) is 14.4 Å². The Morgan fingerprint density at radius 2 is 2.12 bits per heavy atom. The fourth-order valence-electron chi connectivity index (χ4n) is 1.52. The molecule has 0 aliphatic carbocycles. The van der Waals surface area contributed by atoms with Gasteiger partial charge in [0.2, 0.25) is 0 Å². The molecule has 1 N–H and O–H groups in total. The van der Waals surface area contributed by atoms with Crippen molar-refractivity contribution in [1.29, 1.82) is 0 Å². The van der Waals surface area contributed by atoms with E-state index in [1.165, 1.54) is 12.7 Å². The molecule has 134 valence electrons. The Hall–Kier alpha value is -3.03. The van der Waals surface area contributed by atoms with Crippen LogP contribution in [0.3, 0.4) is 0 Å². The van der Waals surface area contributed by atoms with Gasteiger partial charge in [-0.3, -0.25) is 4.68 Å². The van der Waals surface area contributed by atoms with Crippen LogP contribution in [0.5, 0.6) is 11.6 Å². The molecular weight excluding hydrogens is 325 g/mol. The van der Waals surface area contributed by atoms with Gasteiger partial charge >= 0.3 is 0 Å². The van der Waals surface area contributed by atoms with Crippen LogP contribution in [-0.4, -0.2) is 36.4 Å². The molecule has 0 aromatic carbocycles.